The first kappa shape index (κ1) is 19.8. The number of aliphatic imine (C=N–C) groups is 1. The Kier molecular flexibility index (Phi) is 7.53. The average Bonchev–Trinajstić information content (AvgIpc) is 2.63. The van der Waals surface area contributed by atoms with Crippen LogP contribution in [-0.2, 0) is 6.42 Å². The van der Waals surface area contributed by atoms with Crippen LogP contribution in [0.3, 0.4) is 0 Å². The first-order chi connectivity index (χ1) is 12.5. The van der Waals surface area contributed by atoms with Crippen LogP contribution in [0.1, 0.15) is 17.2 Å². The van der Waals surface area contributed by atoms with Crippen molar-refractivity contribution in [2.45, 2.75) is 12.5 Å². The summed E-state index contributed by atoms with van der Waals surface area (Å²) in [5, 5.41) is 6.38. The van der Waals surface area contributed by atoms with E-state index in [1.54, 1.807) is 26.0 Å². The molecule has 0 heterocycles. The van der Waals surface area contributed by atoms with Gasteiger partial charge in [0, 0.05) is 25.7 Å². The second-order valence-corrected chi connectivity index (χ2v) is 6.23. The van der Waals surface area contributed by atoms with Crippen LogP contribution in [0.25, 0.3) is 0 Å². The fraction of sp³-hybridized carbons (Fsp3) is 0.350. The Balaban J connectivity index is 1.94. The zero-order valence-corrected chi connectivity index (χ0v) is 15.5. The average molecular weight is 360 g/mol. The summed E-state index contributed by atoms with van der Waals surface area (Å²) in [7, 11) is 5.26. The molecule has 0 radical (unpaired) electrons. The molecule has 6 heteroatoms. The van der Waals surface area contributed by atoms with Crippen molar-refractivity contribution < 1.29 is 8.78 Å². The minimum Gasteiger partial charge on any atom is -0.356 e. The van der Waals surface area contributed by atoms with Crippen molar-refractivity contribution in [3.8, 4) is 0 Å². The van der Waals surface area contributed by atoms with Gasteiger partial charge in [0.05, 0.1) is 6.04 Å². The molecule has 0 saturated carbocycles. The molecule has 26 heavy (non-hydrogen) atoms. The molecule has 0 bridgehead atoms. The summed E-state index contributed by atoms with van der Waals surface area (Å²) >= 11 is 0. The van der Waals surface area contributed by atoms with Crippen LogP contribution in [0.4, 0.5) is 8.78 Å². The molecule has 0 amide bonds. The molecule has 0 aliphatic rings. The quantitative estimate of drug-likeness (QED) is 0.589. The van der Waals surface area contributed by atoms with Gasteiger partial charge in [-0.1, -0.05) is 36.4 Å². The lowest BCUT2D eigenvalue weighted by atomic mass is 10.0. The molecule has 2 aromatic rings. The first-order valence-corrected chi connectivity index (χ1v) is 8.61. The van der Waals surface area contributed by atoms with E-state index in [2.05, 4.69) is 27.8 Å². The maximum Gasteiger partial charge on any atom is 0.191 e. The summed E-state index contributed by atoms with van der Waals surface area (Å²) in [5.41, 5.74) is 1.29. The van der Waals surface area contributed by atoms with E-state index in [0.717, 1.165) is 6.42 Å². The molecule has 0 spiro atoms. The predicted octanol–water partition coefficient (Wildman–Crippen LogP) is 2.98. The molecule has 1 unspecified atom stereocenters. The highest BCUT2D eigenvalue weighted by Gasteiger charge is 2.22. The van der Waals surface area contributed by atoms with Crippen molar-refractivity contribution in [3.63, 3.8) is 0 Å². The van der Waals surface area contributed by atoms with E-state index in [1.807, 2.05) is 18.2 Å². The van der Waals surface area contributed by atoms with Crippen molar-refractivity contribution in [3.05, 3.63) is 71.3 Å². The van der Waals surface area contributed by atoms with Gasteiger partial charge in [0.2, 0.25) is 0 Å². The lowest BCUT2D eigenvalue weighted by molar-refractivity contribution is 0.282. The minimum absolute atomic E-state index is 0.0599. The predicted molar refractivity (Wildman–Crippen MR) is 102 cm³/mol. The van der Waals surface area contributed by atoms with Crippen LogP contribution in [0.5, 0.6) is 0 Å². The number of nitrogens with one attached hydrogen (secondary N) is 2. The number of nitrogens with zero attached hydrogens (tertiary/aromatic N) is 2. The second-order valence-electron chi connectivity index (χ2n) is 6.23. The summed E-state index contributed by atoms with van der Waals surface area (Å²) < 4.78 is 28.2. The third-order valence-electron chi connectivity index (χ3n) is 4.19. The third-order valence-corrected chi connectivity index (χ3v) is 4.19. The Hall–Kier alpha value is -2.47. The van der Waals surface area contributed by atoms with Gasteiger partial charge in [-0.25, -0.2) is 8.78 Å². The Labute approximate surface area is 153 Å². The first-order valence-electron chi connectivity index (χ1n) is 8.61. The van der Waals surface area contributed by atoms with Crippen LogP contribution < -0.4 is 10.6 Å². The van der Waals surface area contributed by atoms with Crippen molar-refractivity contribution >= 4 is 5.96 Å². The molecule has 0 aliphatic heterocycles. The maximum absolute atomic E-state index is 14.1. The summed E-state index contributed by atoms with van der Waals surface area (Å²) in [6.45, 7) is 1.04. The topological polar surface area (TPSA) is 39.7 Å². The van der Waals surface area contributed by atoms with E-state index in [0.29, 0.717) is 19.0 Å². The maximum atomic E-state index is 14.1. The van der Waals surface area contributed by atoms with Crippen molar-refractivity contribution in [2.75, 3.05) is 34.2 Å². The Morgan fingerprint density at radius 1 is 1.00 bits per heavy atom. The summed E-state index contributed by atoms with van der Waals surface area (Å²) in [4.78, 5) is 5.96. The molecule has 4 nitrogen and oxygen atoms in total. The standard InChI is InChI=1S/C20H26F2N4/c1-23-20(24-13-12-15-8-5-4-6-9-15)25-14-18(26(2)3)19-16(21)10-7-11-17(19)22/h4-11,18H,12-14H2,1-3H3,(H2,23,24,25). The molecular formula is C20H26F2N4. The van der Waals surface area contributed by atoms with Crippen LogP contribution in [0.15, 0.2) is 53.5 Å². The Morgan fingerprint density at radius 3 is 2.23 bits per heavy atom. The van der Waals surface area contributed by atoms with E-state index in [-0.39, 0.29) is 5.56 Å². The van der Waals surface area contributed by atoms with Gasteiger partial charge in [0.15, 0.2) is 5.96 Å². The number of guanidine groups is 1. The van der Waals surface area contributed by atoms with E-state index in [4.69, 9.17) is 0 Å². The van der Waals surface area contributed by atoms with Gasteiger partial charge in [0.1, 0.15) is 11.6 Å². The molecule has 2 aromatic carbocycles. The largest absolute Gasteiger partial charge is 0.356 e. The molecule has 0 fully saturated rings. The number of benzene rings is 2. The van der Waals surface area contributed by atoms with Gasteiger partial charge < -0.3 is 15.5 Å². The zero-order chi connectivity index (χ0) is 18.9. The van der Waals surface area contributed by atoms with Crippen molar-refractivity contribution in [1.82, 2.24) is 15.5 Å². The highest BCUT2D eigenvalue weighted by Crippen LogP contribution is 2.23. The molecule has 2 rings (SSSR count). The Morgan fingerprint density at radius 2 is 1.65 bits per heavy atom. The fourth-order valence-corrected chi connectivity index (χ4v) is 2.76. The van der Waals surface area contributed by atoms with E-state index in [9.17, 15) is 8.78 Å². The van der Waals surface area contributed by atoms with Gasteiger partial charge in [-0.3, -0.25) is 4.99 Å². The number of halogens is 2. The highest BCUT2D eigenvalue weighted by atomic mass is 19.1. The smallest absolute Gasteiger partial charge is 0.191 e. The van der Waals surface area contributed by atoms with E-state index in [1.165, 1.54) is 23.8 Å². The summed E-state index contributed by atoms with van der Waals surface area (Å²) in [5.74, 6) is -0.487. The molecule has 140 valence electrons. The van der Waals surface area contributed by atoms with Crippen LogP contribution >= 0.6 is 0 Å². The molecular weight excluding hydrogens is 334 g/mol. The van der Waals surface area contributed by atoms with Crippen LogP contribution in [-0.4, -0.2) is 45.1 Å². The van der Waals surface area contributed by atoms with Crippen LogP contribution in [0, 0.1) is 11.6 Å². The summed E-state index contributed by atoms with van der Waals surface area (Å²) in [6, 6.07) is 13.6. The number of likely N-dealkylation sites (N-methyl/N-ethyl adjacent to an activating group) is 1. The second kappa shape index (κ2) is 9.87. The highest BCUT2D eigenvalue weighted by molar-refractivity contribution is 5.79. The number of hydrogen-bond donors (Lipinski definition) is 2. The minimum atomic E-state index is -0.544. The lowest BCUT2D eigenvalue weighted by Crippen LogP contribution is -2.42. The Bertz CT molecular complexity index is 697. The third kappa shape index (κ3) is 5.52. The molecule has 0 saturated heterocycles. The van der Waals surface area contributed by atoms with Gasteiger partial charge in [0.25, 0.3) is 0 Å². The number of rotatable bonds is 7. The van der Waals surface area contributed by atoms with Crippen LogP contribution in [0.2, 0.25) is 0 Å². The van der Waals surface area contributed by atoms with Crippen molar-refractivity contribution in [2.24, 2.45) is 4.99 Å². The van der Waals surface area contributed by atoms with Gasteiger partial charge in [-0.05, 0) is 38.2 Å². The molecule has 1 atom stereocenters. The number of hydrogen-bond acceptors (Lipinski definition) is 2. The van der Waals surface area contributed by atoms with E-state index < -0.39 is 17.7 Å². The SMILES string of the molecule is CN=C(NCCc1ccccc1)NCC(c1c(F)cccc1F)N(C)C. The molecule has 0 aliphatic carbocycles. The molecule has 2 N–H and O–H groups in total. The lowest BCUT2D eigenvalue weighted by Gasteiger charge is -2.26. The van der Waals surface area contributed by atoms with Gasteiger partial charge in [-0.2, -0.15) is 0 Å². The van der Waals surface area contributed by atoms with Crippen molar-refractivity contribution in [1.29, 1.82) is 0 Å². The summed E-state index contributed by atoms with van der Waals surface area (Å²) in [6.07, 6.45) is 0.862. The van der Waals surface area contributed by atoms with Gasteiger partial charge >= 0.3 is 0 Å². The zero-order valence-electron chi connectivity index (χ0n) is 15.5. The normalized spacial score (nSPS) is 12.9. The van der Waals surface area contributed by atoms with Gasteiger partial charge in [-0.15, -0.1) is 0 Å². The molecule has 0 aromatic heterocycles. The van der Waals surface area contributed by atoms with E-state index >= 15 is 0 Å². The monoisotopic (exact) mass is 360 g/mol. The fourth-order valence-electron chi connectivity index (χ4n) is 2.76.